The smallest absolute Gasteiger partial charge is 0.304 e. The molecule has 1 heterocycles. The molecule has 1 unspecified atom stereocenters. The molecule has 0 fully saturated rings. The summed E-state index contributed by atoms with van der Waals surface area (Å²) in [6.07, 6.45) is -0.0837. The van der Waals surface area contributed by atoms with E-state index in [1.807, 2.05) is 30.3 Å². The number of nitrogens with zero attached hydrogens (tertiary/aromatic N) is 1. The van der Waals surface area contributed by atoms with Crippen LogP contribution in [0.2, 0.25) is 0 Å². The van der Waals surface area contributed by atoms with Crippen LogP contribution in [0.5, 0.6) is 0 Å². The average molecular weight is 445 g/mol. The van der Waals surface area contributed by atoms with E-state index < -0.39 is 37.5 Å². The van der Waals surface area contributed by atoms with Crippen molar-refractivity contribution in [2.45, 2.75) is 58.6 Å². The topological polar surface area (TPSA) is 82.1 Å². The zero-order chi connectivity index (χ0) is 22.6. The van der Waals surface area contributed by atoms with Gasteiger partial charge in [0.15, 0.2) is 5.85 Å². The van der Waals surface area contributed by atoms with E-state index in [-0.39, 0.29) is 17.5 Å². The molecule has 31 heavy (non-hydrogen) atoms. The summed E-state index contributed by atoms with van der Waals surface area (Å²) in [5, 5.41) is 0.681. The molecule has 0 bridgehead atoms. The Morgan fingerprint density at radius 3 is 1.77 bits per heavy atom. The van der Waals surface area contributed by atoms with E-state index in [1.165, 1.54) is 0 Å². The highest BCUT2D eigenvalue weighted by Crippen LogP contribution is 2.57. The SMILES string of the molecule is CC(C)OP(=O)(OC(C)C)C(CCc1ccccc1)ON1C(=O)c2ccccc2C1=O. The van der Waals surface area contributed by atoms with Crippen LogP contribution in [-0.4, -0.2) is 34.9 Å². The van der Waals surface area contributed by atoms with Crippen molar-refractivity contribution in [1.82, 2.24) is 5.06 Å². The summed E-state index contributed by atoms with van der Waals surface area (Å²) in [4.78, 5) is 31.4. The van der Waals surface area contributed by atoms with Gasteiger partial charge >= 0.3 is 7.60 Å². The Morgan fingerprint density at radius 2 is 1.29 bits per heavy atom. The lowest BCUT2D eigenvalue weighted by atomic mass is 10.1. The molecule has 0 radical (unpaired) electrons. The van der Waals surface area contributed by atoms with Gasteiger partial charge < -0.3 is 9.05 Å². The van der Waals surface area contributed by atoms with Crippen molar-refractivity contribution in [1.29, 1.82) is 0 Å². The lowest BCUT2D eigenvalue weighted by Gasteiger charge is -2.31. The van der Waals surface area contributed by atoms with Gasteiger partial charge in [-0.25, -0.2) is 4.84 Å². The van der Waals surface area contributed by atoms with Gasteiger partial charge in [-0.3, -0.25) is 14.2 Å². The minimum atomic E-state index is -3.85. The number of aryl methyl sites for hydroxylation is 1. The molecule has 1 atom stereocenters. The van der Waals surface area contributed by atoms with Crippen molar-refractivity contribution in [3.8, 4) is 0 Å². The Morgan fingerprint density at radius 1 is 0.806 bits per heavy atom. The summed E-state index contributed by atoms with van der Waals surface area (Å²) in [5.74, 6) is -2.32. The predicted octanol–water partition coefficient (Wildman–Crippen LogP) is 5.22. The van der Waals surface area contributed by atoms with Gasteiger partial charge in [-0.1, -0.05) is 42.5 Å². The fourth-order valence-electron chi connectivity index (χ4n) is 3.34. The number of rotatable bonds is 10. The van der Waals surface area contributed by atoms with E-state index in [4.69, 9.17) is 13.9 Å². The summed E-state index contributed by atoms with van der Waals surface area (Å²) in [7, 11) is -3.85. The molecule has 0 saturated carbocycles. The third-order valence-corrected chi connectivity index (χ3v) is 7.06. The third kappa shape index (κ3) is 5.49. The van der Waals surface area contributed by atoms with Gasteiger partial charge in [-0.15, -0.1) is 5.06 Å². The molecule has 166 valence electrons. The molecule has 1 aliphatic rings. The quantitative estimate of drug-likeness (QED) is 0.369. The molecule has 2 aromatic carbocycles. The van der Waals surface area contributed by atoms with E-state index in [0.717, 1.165) is 5.56 Å². The maximum Gasteiger partial charge on any atom is 0.362 e. The molecular formula is C23H28NO6P. The molecule has 8 heteroatoms. The van der Waals surface area contributed by atoms with Crippen LogP contribution in [0, 0.1) is 0 Å². The second kappa shape index (κ2) is 9.88. The van der Waals surface area contributed by atoms with Gasteiger partial charge in [-0.2, -0.15) is 0 Å². The van der Waals surface area contributed by atoms with Crippen LogP contribution in [0.3, 0.4) is 0 Å². The van der Waals surface area contributed by atoms with E-state index in [9.17, 15) is 14.2 Å². The number of imide groups is 1. The van der Waals surface area contributed by atoms with Crippen LogP contribution in [0.25, 0.3) is 0 Å². The summed E-state index contributed by atoms with van der Waals surface area (Å²) in [6, 6.07) is 16.1. The number of hydrogen-bond acceptors (Lipinski definition) is 6. The highest BCUT2D eigenvalue weighted by molar-refractivity contribution is 7.54. The van der Waals surface area contributed by atoms with Crippen molar-refractivity contribution in [3.63, 3.8) is 0 Å². The average Bonchev–Trinajstić information content (AvgIpc) is 2.95. The van der Waals surface area contributed by atoms with Crippen LogP contribution in [-0.2, 0) is 24.9 Å². The number of hydrogen-bond donors (Lipinski definition) is 0. The Hall–Kier alpha value is -2.31. The van der Waals surface area contributed by atoms with Crippen molar-refractivity contribution < 1.29 is 28.0 Å². The van der Waals surface area contributed by atoms with Crippen LogP contribution in [0.4, 0.5) is 0 Å². The summed E-state index contributed by atoms with van der Waals surface area (Å²) >= 11 is 0. The normalized spacial score (nSPS) is 15.1. The summed E-state index contributed by atoms with van der Waals surface area (Å²) < 4.78 is 25.2. The Bertz CT molecular complexity index is 926. The molecule has 1 aliphatic heterocycles. The first kappa shape index (κ1) is 23.4. The molecule has 0 N–H and O–H groups in total. The number of amides is 2. The standard InChI is InChI=1S/C23H28NO6P/c1-16(2)29-31(27,30-17(3)4)21(15-14-18-10-6-5-7-11-18)28-24-22(25)19-12-8-9-13-20(19)23(24)26/h5-13,16-17,21H,14-15H2,1-4H3. The third-order valence-electron chi connectivity index (χ3n) is 4.57. The number of carbonyl (C=O) groups is 2. The highest BCUT2D eigenvalue weighted by atomic mass is 31.2. The molecule has 0 spiro atoms. The van der Waals surface area contributed by atoms with Crippen molar-refractivity contribution in [2.75, 3.05) is 0 Å². The number of hydroxylamine groups is 2. The maximum absolute atomic E-state index is 13.8. The molecule has 0 saturated heterocycles. The van der Waals surface area contributed by atoms with E-state index >= 15 is 0 Å². The molecular weight excluding hydrogens is 417 g/mol. The first-order valence-corrected chi connectivity index (χ1v) is 12.0. The minimum absolute atomic E-state index is 0.230. The van der Waals surface area contributed by atoms with Crippen LogP contribution >= 0.6 is 7.60 Å². The van der Waals surface area contributed by atoms with Gasteiger partial charge in [-0.05, 0) is 58.2 Å². The van der Waals surface area contributed by atoms with Crippen LogP contribution in [0.1, 0.15) is 60.4 Å². The summed E-state index contributed by atoms with van der Waals surface area (Å²) in [6.45, 7) is 6.97. The van der Waals surface area contributed by atoms with Crippen molar-refractivity contribution in [3.05, 3.63) is 71.3 Å². The van der Waals surface area contributed by atoms with Gasteiger partial charge in [0.2, 0.25) is 0 Å². The molecule has 3 rings (SSSR count). The first-order chi connectivity index (χ1) is 14.7. The second-order valence-corrected chi connectivity index (χ2v) is 9.96. The Labute approximate surface area is 182 Å². The van der Waals surface area contributed by atoms with E-state index in [0.29, 0.717) is 11.5 Å². The zero-order valence-corrected chi connectivity index (χ0v) is 19.1. The van der Waals surface area contributed by atoms with E-state index in [1.54, 1.807) is 52.0 Å². The first-order valence-electron chi connectivity index (χ1n) is 10.4. The monoisotopic (exact) mass is 445 g/mol. The highest BCUT2D eigenvalue weighted by Gasteiger charge is 2.45. The van der Waals surface area contributed by atoms with Crippen LogP contribution < -0.4 is 0 Å². The molecule has 2 amide bonds. The molecule has 2 aromatic rings. The fourth-order valence-corrected chi connectivity index (χ4v) is 5.49. The lowest BCUT2D eigenvalue weighted by Crippen LogP contribution is -2.36. The number of benzene rings is 2. The molecule has 0 aliphatic carbocycles. The number of fused-ring (bicyclic) bond motifs is 1. The van der Waals surface area contributed by atoms with Gasteiger partial charge in [0, 0.05) is 0 Å². The van der Waals surface area contributed by atoms with E-state index in [2.05, 4.69) is 0 Å². The van der Waals surface area contributed by atoms with Crippen molar-refractivity contribution in [2.24, 2.45) is 0 Å². The zero-order valence-electron chi connectivity index (χ0n) is 18.2. The predicted molar refractivity (Wildman–Crippen MR) is 117 cm³/mol. The minimum Gasteiger partial charge on any atom is -0.304 e. The number of carbonyl (C=O) groups excluding carboxylic acids is 2. The summed E-state index contributed by atoms with van der Waals surface area (Å²) in [5.41, 5.74) is 1.50. The fraction of sp³-hybridized carbons (Fsp3) is 0.391. The van der Waals surface area contributed by atoms with Gasteiger partial charge in [0.05, 0.1) is 23.3 Å². The van der Waals surface area contributed by atoms with Crippen LogP contribution in [0.15, 0.2) is 54.6 Å². The molecule has 0 aromatic heterocycles. The van der Waals surface area contributed by atoms with Gasteiger partial charge in [0.25, 0.3) is 11.8 Å². The Kier molecular flexibility index (Phi) is 7.44. The van der Waals surface area contributed by atoms with Crippen molar-refractivity contribution >= 4 is 19.4 Å². The second-order valence-electron chi connectivity index (χ2n) is 7.88. The molecule has 7 nitrogen and oxygen atoms in total. The Balaban J connectivity index is 1.90. The van der Waals surface area contributed by atoms with Gasteiger partial charge in [0.1, 0.15) is 0 Å². The largest absolute Gasteiger partial charge is 0.362 e. The maximum atomic E-state index is 13.8. The lowest BCUT2D eigenvalue weighted by molar-refractivity contribution is -0.116.